The average molecular weight is 601 g/mol. The lowest BCUT2D eigenvalue weighted by atomic mass is 9.91. The van der Waals surface area contributed by atoms with Crippen molar-refractivity contribution >= 4 is 17.3 Å². The van der Waals surface area contributed by atoms with Gasteiger partial charge in [0.05, 0.1) is 22.8 Å². The van der Waals surface area contributed by atoms with Gasteiger partial charge in [-0.1, -0.05) is 26.8 Å². The number of imidazole rings is 1. The Hall–Kier alpha value is -3.85. The van der Waals surface area contributed by atoms with Gasteiger partial charge in [-0.15, -0.1) is 0 Å². The summed E-state index contributed by atoms with van der Waals surface area (Å²) in [4.78, 5) is 32.1. The zero-order valence-electron chi connectivity index (χ0n) is 25.7. The summed E-state index contributed by atoms with van der Waals surface area (Å²) in [5, 5.41) is 19.6. The summed E-state index contributed by atoms with van der Waals surface area (Å²) in [5.41, 5.74) is 1.66. The lowest BCUT2D eigenvalue weighted by molar-refractivity contribution is -0.199. The number of rotatable bonds is 5. The Kier molecular flexibility index (Phi) is 8.46. The number of amides is 1. The van der Waals surface area contributed by atoms with Crippen molar-refractivity contribution in [2.24, 2.45) is 12.5 Å². The SMILES string of the molecule is Cn1c(=O)n(CC(C)(C)C)c2ccc(-c3cc(CN4CC[C@H](N(C(=O)O)C(C)(C)C)C[C@H]4C(F)(F)F)ccc3C#N)nc21. The number of fused-ring (bicyclic) bond motifs is 1. The Morgan fingerprint density at radius 3 is 2.37 bits per heavy atom. The Labute approximate surface area is 249 Å². The zero-order valence-corrected chi connectivity index (χ0v) is 25.7. The maximum absolute atomic E-state index is 14.3. The summed E-state index contributed by atoms with van der Waals surface area (Å²) in [6, 6.07) is 7.92. The average Bonchev–Trinajstić information content (AvgIpc) is 3.11. The van der Waals surface area contributed by atoms with Crippen molar-refractivity contribution in [3.63, 3.8) is 0 Å². The van der Waals surface area contributed by atoms with E-state index < -0.39 is 29.9 Å². The number of hydrogen-bond donors (Lipinski definition) is 1. The smallest absolute Gasteiger partial charge is 0.407 e. The number of nitriles is 1. The molecule has 1 aliphatic heterocycles. The molecule has 0 bridgehead atoms. The Morgan fingerprint density at radius 2 is 1.81 bits per heavy atom. The minimum absolute atomic E-state index is 0.0408. The topological polar surface area (TPSA) is 107 Å². The lowest BCUT2D eigenvalue weighted by Crippen LogP contribution is -2.59. The van der Waals surface area contributed by atoms with E-state index in [1.54, 1.807) is 62.7 Å². The molecule has 9 nitrogen and oxygen atoms in total. The van der Waals surface area contributed by atoms with Gasteiger partial charge in [-0.2, -0.15) is 18.4 Å². The molecule has 232 valence electrons. The number of hydrogen-bond acceptors (Lipinski definition) is 5. The number of likely N-dealkylation sites (tertiary alicyclic amines) is 1. The van der Waals surface area contributed by atoms with Crippen LogP contribution in [0.5, 0.6) is 0 Å². The van der Waals surface area contributed by atoms with Crippen LogP contribution in [-0.4, -0.2) is 65.5 Å². The summed E-state index contributed by atoms with van der Waals surface area (Å²) in [6.07, 6.45) is -5.90. The monoisotopic (exact) mass is 600 g/mol. The van der Waals surface area contributed by atoms with Gasteiger partial charge < -0.3 is 10.0 Å². The number of aromatic nitrogens is 3. The van der Waals surface area contributed by atoms with Gasteiger partial charge in [0, 0.05) is 43.8 Å². The van der Waals surface area contributed by atoms with Crippen LogP contribution < -0.4 is 5.69 Å². The molecule has 3 aromatic rings. The number of carbonyl (C=O) groups is 1. The molecule has 3 heterocycles. The molecule has 0 saturated carbocycles. The normalized spacial score (nSPS) is 18.5. The number of aryl methyl sites for hydroxylation is 1. The van der Waals surface area contributed by atoms with Gasteiger partial charge in [-0.3, -0.25) is 14.0 Å². The van der Waals surface area contributed by atoms with Crippen molar-refractivity contribution in [2.75, 3.05) is 6.54 Å². The Bertz CT molecular complexity index is 1620. The maximum atomic E-state index is 14.3. The number of carboxylic acid groups (broad SMARTS) is 1. The van der Waals surface area contributed by atoms with E-state index in [0.29, 0.717) is 40.1 Å². The predicted octanol–water partition coefficient (Wildman–Crippen LogP) is 5.99. The molecule has 0 radical (unpaired) electrons. The summed E-state index contributed by atoms with van der Waals surface area (Å²) in [7, 11) is 1.63. The van der Waals surface area contributed by atoms with E-state index >= 15 is 0 Å². The van der Waals surface area contributed by atoms with Crippen molar-refractivity contribution in [1.82, 2.24) is 23.9 Å². The van der Waals surface area contributed by atoms with Crippen molar-refractivity contribution in [2.45, 2.75) is 91.3 Å². The summed E-state index contributed by atoms with van der Waals surface area (Å²) in [6.45, 7) is 11.6. The van der Waals surface area contributed by atoms with E-state index in [0.717, 1.165) is 4.90 Å². The van der Waals surface area contributed by atoms with E-state index in [1.165, 1.54) is 9.47 Å². The molecule has 1 aliphatic rings. The van der Waals surface area contributed by atoms with Gasteiger partial charge >= 0.3 is 18.0 Å². The van der Waals surface area contributed by atoms with Crippen LogP contribution in [0.2, 0.25) is 0 Å². The quantitative estimate of drug-likeness (QED) is 0.385. The second-order valence-electron chi connectivity index (χ2n) is 13.5. The molecule has 1 aromatic carbocycles. The van der Waals surface area contributed by atoms with Crippen molar-refractivity contribution in [1.29, 1.82) is 5.26 Å². The van der Waals surface area contributed by atoms with Crippen LogP contribution in [0.1, 0.15) is 65.5 Å². The molecular weight excluding hydrogens is 561 g/mol. The Morgan fingerprint density at radius 1 is 1.14 bits per heavy atom. The van der Waals surface area contributed by atoms with Gasteiger partial charge in [0.1, 0.15) is 6.04 Å². The summed E-state index contributed by atoms with van der Waals surface area (Å²) >= 11 is 0. The van der Waals surface area contributed by atoms with Crippen LogP contribution in [0.25, 0.3) is 22.4 Å². The molecule has 1 N–H and O–H groups in total. The first-order valence-electron chi connectivity index (χ1n) is 14.2. The van der Waals surface area contributed by atoms with Gasteiger partial charge in [0.25, 0.3) is 0 Å². The van der Waals surface area contributed by atoms with Crippen LogP contribution in [0.3, 0.4) is 0 Å². The van der Waals surface area contributed by atoms with Crippen LogP contribution in [0, 0.1) is 16.7 Å². The highest BCUT2D eigenvalue weighted by Crippen LogP contribution is 2.37. The standard InChI is InChI=1S/C31H39F3N6O3/c1-29(2,3)18-39-24-11-10-23(36-26(24)37(7)27(39)41)22-14-19(8-9-20(22)16-35)17-38-13-12-21(15-25(38)31(32,33)34)40(28(42)43)30(4,5)6/h8-11,14,21,25H,12-13,15,17-18H2,1-7H3,(H,42,43)/t21-,25-/m0/s1. The lowest BCUT2D eigenvalue weighted by Gasteiger charge is -2.47. The molecule has 43 heavy (non-hydrogen) atoms. The second kappa shape index (κ2) is 11.3. The molecule has 1 amide bonds. The fraction of sp³-hybridized carbons (Fsp3) is 0.548. The molecular formula is C31H39F3N6O3. The summed E-state index contributed by atoms with van der Waals surface area (Å²) in [5.74, 6) is 0. The van der Waals surface area contributed by atoms with Gasteiger partial charge in [0.2, 0.25) is 0 Å². The molecule has 1 saturated heterocycles. The third-order valence-corrected chi connectivity index (χ3v) is 7.84. The highest BCUT2D eigenvalue weighted by Gasteiger charge is 2.49. The first-order chi connectivity index (χ1) is 19.8. The number of halogens is 3. The molecule has 2 atom stereocenters. The second-order valence-corrected chi connectivity index (χ2v) is 13.5. The third-order valence-electron chi connectivity index (χ3n) is 7.84. The molecule has 0 aliphatic carbocycles. The number of benzene rings is 1. The van der Waals surface area contributed by atoms with Crippen molar-refractivity contribution in [3.05, 3.63) is 51.9 Å². The molecule has 0 unspecified atom stereocenters. The first kappa shape index (κ1) is 32.1. The van der Waals surface area contributed by atoms with E-state index in [4.69, 9.17) is 4.98 Å². The van der Waals surface area contributed by atoms with Crippen LogP contribution in [-0.2, 0) is 20.1 Å². The largest absolute Gasteiger partial charge is 0.465 e. The number of nitrogens with zero attached hydrogens (tertiary/aromatic N) is 6. The van der Waals surface area contributed by atoms with Crippen molar-refractivity contribution < 1.29 is 23.1 Å². The number of pyridine rings is 1. The highest BCUT2D eigenvalue weighted by molar-refractivity contribution is 5.78. The van der Waals surface area contributed by atoms with E-state index in [-0.39, 0.29) is 37.0 Å². The molecule has 4 rings (SSSR count). The Balaban J connectivity index is 1.68. The predicted molar refractivity (Wildman–Crippen MR) is 157 cm³/mol. The summed E-state index contributed by atoms with van der Waals surface area (Å²) < 4.78 is 46.1. The molecule has 2 aromatic heterocycles. The third kappa shape index (κ3) is 6.72. The molecule has 1 fully saturated rings. The minimum atomic E-state index is -4.56. The first-order valence-corrected chi connectivity index (χ1v) is 14.2. The fourth-order valence-corrected chi connectivity index (χ4v) is 6.03. The minimum Gasteiger partial charge on any atom is -0.465 e. The van der Waals surface area contributed by atoms with E-state index in [2.05, 4.69) is 6.07 Å². The molecule has 12 heteroatoms. The number of alkyl halides is 3. The fourth-order valence-electron chi connectivity index (χ4n) is 6.03. The van der Waals surface area contributed by atoms with Gasteiger partial charge in [-0.05, 0) is 68.9 Å². The van der Waals surface area contributed by atoms with Crippen LogP contribution >= 0.6 is 0 Å². The number of piperidine rings is 1. The maximum Gasteiger partial charge on any atom is 0.407 e. The van der Waals surface area contributed by atoms with E-state index in [9.17, 15) is 33.1 Å². The zero-order chi connectivity index (χ0) is 32.1. The van der Waals surface area contributed by atoms with Crippen LogP contribution in [0.15, 0.2) is 35.1 Å². The van der Waals surface area contributed by atoms with E-state index in [1.807, 2.05) is 20.8 Å². The molecule has 0 spiro atoms. The highest BCUT2D eigenvalue weighted by atomic mass is 19.4. The van der Waals surface area contributed by atoms with Gasteiger partial charge in [0.15, 0.2) is 5.65 Å². The van der Waals surface area contributed by atoms with Gasteiger partial charge in [-0.25, -0.2) is 14.6 Å². The van der Waals surface area contributed by atoms with Crippen molar-refractivity contribution in [3.8, 4) is 17.3 Å². The van der Waals surface area contributed by atoms with Crippen LogP contribution in [0.4, 0.5) is 18.0 Å².